The number of nitrogens with zero attached hydrogens (tertiary/aromatic N) is 1. The Morgan fingerprint density at radius 1 is 1.20 bits per heavy atom. The number of hydrogen-bond donors (Lipinski definition) is 1. The van der Waals surface area contributed by atoms with Crippen molar-refractivity contribution in [2.24, 2.45) is 0 Å². The lowest BCUT2D eigenvalue weighted by molar-refractivity contribution is 0.258. The zero-order valence-corrected chi connectivity index (χ0v) is 13.6. The van der Waals surface area contributed by atoms with Gasteiger partial charge >= 0.3 is 6.03 Å². The number of carbonyl (C=O) groups excluding carboxylic acids is 1. The minimum absolute atomic E-state index is 0.285. The Hall–Kier alpha value is -1.23. The normalized spacial score (nSPS) is 10.2. The second kappa shape index (κ2) is 6.48. The van der Waals surface area contributed by atoms with Crippen LogP contribution in [0, 0.1) is 0 Å². The lowest BCUT2D eigenvalue weighted by atomic mass is 10.3. The van der Waals surface area contributed by atoms with Gasteiger partial charge in [0.25, 0.3) is 0 Å². The van der Waals surface area contributed by atoms with E-state index >= 15 is 0 Å². The third-order valence-corrected chi connectivity index (χ3v) is 3.71. The topological polar surface area (TPSA) is 32.3 Å². The first-order valence-electron chi connectivity index (χ1n) is 5.72. The fourth-order valence-corrected chi connectivity index (χ4v) is 2.43. The number of nitrogens with one attached hydrogen (secondary N) is 1. The van der Waals surface area contributed by atoms with Crippen molar-refractivity contribution in [1.82, 2.24) is 0 Å². The van der Waals surface area contributed by atoms with Crippen molar-refractivity contribution in [2.45, 2.75) is 0 Å². The summed E-state index contributed by atoms with van der Waals surface area (Å²) in [7, 11) is 1.68. The summed E-state index contributed by atoms with van der Waals surface area (Å²) in [6.07, 6.45) is 0. The fourth-order valence-electron chi connectivity index (χ4n) is 1.59. The Balaban J connectivity index is 2.15. The number of carbonyl (C=O) groups is 1. The lowest BCUT2D eigenvalue weighted by Crippen LogP contribution is -2.31. The minimum Gasteiger partial charge on any atom is -0.306 e. The molecule has 0 aliphatic heterocycles. The Morgan fingerprint density at radius 2 is 1.95 bits per heavy atom. The molecule has 1 N–H and O–H groups in total. The summed E-state index contributed by atoms with van der Waals surface area (Å²) in [6.45, 7) is 0. The van der Waals surface area contributed by atoms with Gasteiger partial charge in [0.15, 0.2) is 0 Å². The van der Waals surface area contributed by atoms with E-state index in [1.807, 2.05) is 24.3 Å². The Morgan fingerprint density at radius 3 is 2.60 bits per heavy atom. The summed E-state index contributed by atoms with van der Waals surface area (Å²) in [5, 5.41) is 3.65. The van der Waals surface area contributed by atoms with E-state index in [0.717, 1.165) is 10.2 Å². The van der Waals surface area contributed by atoms with Crippen molar-refractivity contribution < 1.29 is 4.79 Å². The van der Waals surface area contributed by atoms with E-state index in [1.54, 1.807) is 25.2 Å². The summed E-state index contributed by atoms with van der Waals surface area (Å²) in [5.41, 5.74) is 1.28. The molecular formula is C14H11BrCl2N2O. The van der Waals surface area contributed by atoms with Crippen LogP contribution in [0.25, 0.3) is 0 Å². The molecule has 0 heterocycles. The number of urea groups is 1. The van der Waals surface area contributed by atoms with Gasteiger partial charge in [-0.1, -0.05) is 45.2 Å². The summed E-state index contributed by atoms with van der Waals surface area (Å²) >= 11 is 15.2. The maximum atomic E-state index is 12.2. The van der Waals surface area contributed by atoms with Crippen LogP contribution < -0.4 is 10.2 Å². The van der Waals surface area contributed by atoms with E-state index in [9.17, 15) is 4.79 Å². The van der Waals surface area contributed by atoms with Gasteiger partial charge in [-0.05, 0) is 36.4 Å². The van der Waals surface area contributed by atoms with Crippen molar-refractivity contribution in [3.8, 4) is 0 Å². The molecule has 0 bridgehead atoms. The first kappa shape index (κ1) is 15.2. The van der Waals surface area contributed by atoms with E-state index in [1.165, 1.54) is 4.90 Å². The van der Waals surface area contributed by atoms with E-state index in [0.29, 0.717) is 15.7 Å². The number of hydrogen-bond acceptors (Lipinski definition) is 1. The highest BCUT2D eigenvalue weighted by atomic mass is 79.9. The third kappa shape index (κ3) is 3.66. The minimum atomic E-state index is -0.285. The molecule has 0 radical (unpaired) electrons. The van der Waals surface area contributed by atoms with Crippen molar-refractivity contribution in [3.05, 3.63) is 57.0 Å². The van der Waals surface area contributed by atoms with Crippen LogP contribution >= 0.6 is 39.1 Å². The molecule has 104 valence electrons. The molecule has 0 atom stereocenters. The average Bonchev–Trinajstić information content (AvgIpc) is 2.41. The van der Waals surface area contributed by atoms with Crippen LogP contribution in [-0.2, 0) is 0 Å². The smallest absolute Gasteiger partial charge is 0.306 e. The first-order valence-corrected chi connectivity index (χ1v) is 7.27. The Kier molecular flexibility index (Phi) is 4.91. The van der Waals surface area contributed by atoms with E-state index in [4.69, 9.17) is 23.2 Å². The van der Waals surface area contributed by atoms with Crippen molar-refractivity contribution >= 4 is 56.5 Å². The molecule has 0 saturated heterocycles. The molecule has 0 fully saturated rings. The monoisotopic (exact) mass is 372 g/mol. The molecule has 6 heteroatoms. The van der Waals surface area contributed by atoms with Crippen LogP contribution in [0.1, 0.15) is 0 Å². The quantitative estimate of drug-likeness (QED) is 0.748. The van der Waals surface area contributed by atoms with Gasteiger partial charge in [-0.2, -0.15) is 0 Å². The lowest BCUT2D eigenvalue weighted by Gasteiger charge is -2.18. The van der Waals surface area contributed by atoms with Crippen LogP contribution in [0.4, 0.5) is 16.2 Å². The van der Waals surface area contributed by atoms with Gasteiger partial charge < -0.3 is 5.32 Å². The van der Waals surface area contributed by atoms with E-state index < -0.39 is 0 Å². The molecule has 0 unspecified atom stereocenters. The molecule has 0 saturated carbocycles. The molecule has 2 aromatic carbocycles. The number of rotatable bonds is 2. The zero-order valence-electron chi connectivity index (χ0n) is 10.5. The fraction of sp³-hybridized carbons (Fsp3) is 0.0714. The SMILES string of the molecule is CN(C(=O)Nc1ccc(Cl)cc1Cl)c1cccc(Br)c1. The average molecular weight is 374 g/mol. The molecule has 0 aliphatic rings. The van der Waals surface area contributed by atoms with Gasteiger partial charge in [-0.25, -0.2) is 4.79 Å². The molecule has 0 aromatic heterocycles. The highest BCUT2D eigenvalue weighted by Crippen LogP contribution is 2.26. The van der Waals surface area contributed by atoms with Crippen LogP contribution in [0.3, 0.4) is 0 Å². The summed E-state index contributed by atoms with van der Waals surface area (Å²) in [4.78, 5) is 13.7. The Bertz CT molecular complexity index is 649. The molecule has 20 heavy (non-hydrogen) atoms. The van der Waals surface area contributed by atoms with Crippen LogP contribution in [0.5, 0.6) is 0 Å². The number of benzene rings is 2. The Labute approximate surface area is 135 Å². The van der Waals surface area contributed by atoms with E-state index in [2.05, 4.69) is 21.2 Å². The summed E-state index contributed by atoms with van der Waals surface area (Å²) < 4.78 is 0.902. The maximum absolute atomic E-state index is 12.2. The van der Waals surface area contributed by atoms with E-state index in [-0.39, 0.29) is 6.03 Å². The van der Waals surface area contributed by atoms with Crippen molar-refractivity contribution in [2.75, 3.05) is 17.3 Å². The van der Waals surface area contributed by atoms with Crippen LogP contribution in [0.2, 0.25) is 10.0 Å². The van der Waals surface area contributed by atoms with Gasteiger partial charge in [-0.3, -0.25) is 4.90 Å². The zero-order chi connectivity index (χ0) is 14.7. The first-order chi connectivity index (χ1) is 9.47. The molecule has 0 spiro atoms. The third-order valence-electron chi connectivity index (χ3n) is 2.67. The molecule has 2 rings (SSSR count). The maximum Gasteiger partial charge on any atom is 0.326 e. The molecule has 2 amide bonds. The van der Waals surface area contributed by atoms with Crippen LogP contribution in [-0.4, -0.2) is 13.1 Å². The second-order valence-corrected chi connectivity index (χ2v) is 5.85. The summed E-state index contributed by atoms with van der Waals surface area (Å²) in [5.74, 6) is 0. The van der Waals surface area contributed by atoms with Gasteiger partial charge in [0.2, 0.25) is 0 Å². The van der Waals surface area contributed by atoms with Crippen molar-refractivity contribution in [3.63, 3.8) is 0 Å². The predicted molar refractivity (Wildman–Crippen MR) is 88.0 cm³/mol. The second-order valence-electron chi connectivity index (χ2n) is 4.09. The van der Waals surface area contributed by atoms with Gasteiger partial charge in [0.1, 0.15) is 0 Å². The molecule has 0 aliphatic carbocycles. The van der Waals surface area contributed by atoms with Gasteiger partial charge in [-0.15, -0.1) is 0 Å². The molecular weight excluding hydrogens is 363 g/mol. The molecule has 2 aromatic rings. The number of anilines is 2. The van der Waals surface area contributed by atoms with Crippen molar-refractivity contribution in [1.29, 1.82) is 0 Å². The predicted octanol–water partition coefficient (Wildman–Crippen LogP) is 5.42. The van der Waals surface area contributed by atoms with Gasteiger partial charge in [0.05, 0.1) is 10.7 Å². The number of amides is 2. The molecule has 3 nitrogen and oxygen atoms in total. The highest BCUT2D eigenvalue weighted by molar-refractivity contribution is 9.10. The number of halogens is 3. The largest absolute Gasteiger partial charge is 0.326 e. The van der Waals surface area contributed by atoms with Gasteiger partial charge in [0, 0.05) is 22.2 Å². The van der Waals surface area contributed by atoms with Crippen LogP contribution in [0.15, 0.2) is 46.9 Å². The summed E-state index contributed by atoms with van der Waals surface area (Å²) in [6, 6.07) is 12.1. The standard InChI is InChI=1S/C14H11BrCl2N2O/c1-19(11-4-2-3-9(15)7-11)14(20)18-13-6-5-10(16)8-12(13)17/h2-8H,1H3,(H,18,20). The highest BCUT2D eigenvalue weighted by Gasteiger charge is 2.12.